The molecule has 1 N–H and O–H groups in total. The van der Waals surface area contributed by atoms with Crippen molar-refractivity contribution in [3.05, 3.63) is 35.4 Å². The molecule has 1 aromatic rings. The summed E-state index contributed by atoms with van der Waals surface area (Å²) in [4.78, 5) is 13.3. The minimum absolute atomic E-state index is 0. The number of halogens is 3. The molecule has 3 atom stereocenters. The third-order valence-electron chi connectivity index (χ3n) is 3.95. The van der Waals surface area contributed by atoms with E-state index in [1.54, 1.807) is 0 Å². The summed E-state index contributed by atoms with van der Waals surface area (Å²) in [7, 11) is 3.76. The predicted octanol–water partition coefficient (Wildman–Crippen LogP) is 2.90. The van der Waals surface area contributed by atoms with Gasteiger partial charge in [0.1, 0.15) is 11.6 Å². The summed E-state index contributed by atoms with van der Waals surface area (Å²) in [5.74, 6) is -3.23. The van der Waals surface area contributed by atoms with Gasteiger partial charge in [0.25, 0.3) is 0 Å². The lowest BCUT2D eigenvalue weighted by molar-refractivity contribution is -0.142. The molecule has 1 aliphatic carbocycles. The Hall–Kier alpha value is -1.20. The van der Waals surface area contributed by atoms with E-state index in [4.69, 9.17) is 0 Å². The van der Waals surface area contributed by atoms with Crippen LogP contribution in [0.2, 0.25) is 0 Å². The molecule has 6 heteroatoms. The molecule has 0 aromatic heterocycles. The van der Waals surface area contributed by atoms with E-state index >= 15 is 0 Å². The van der Waals surface area contributed by atoms with Crippen LogP contribution >= 0.6 is 12.4 Å². The number of carboxylic acids is 1. The first-order valence-corrected chi connectivity index (χ1v) is 6.24. The highest BCUT2D eigenvalue weighted by atomic mass is 35.5. The zero-order chi connectivity index (χ0) is 14.2. The Bertz CT molecular complexity index is 496. The van der Waals surface area contributed by atoms with Gasteiger partial charge >= 0.3 is 5.97 Å². The van der Waals surface area contributed by atoms with E-state index in [0.29, 0.717) is 18.4 Å². The van der Waals surface area contributed by atoms with Gasteiger partial charge in [0, 0.05) is 18.0 Å². The first kappa shape index (κ1) is 16.9. The number of hydrogen-bond donors (Lipinski definition) is 1. The molecule has 1 aromatic carbocycles. The summed E-state index contributed by atoms with van der Waals surface area (Å²) in [6, 6.07) is 3.47. The van der Waals surface area contributed by atoms with Gasteiger partial charge in [-0.15, -0.1) is 12.4 Å². The van der Waals surface area contributed by atoms with Crippen LogP contribution in [0.1, 0.15) is 24.3 Å². The van der Waals surface area contributed by atoms with Crippen molar-refractivity contribution >= 4 is 18.4 Å². The summed E-state index contributed by atoms with van der Waals surface area (Å²) in [6.07, 6.45) is 1.07. The highest BCUT2D eigenvalue weighted by Gasteiger charge is 2.41. The lowest BCUT2D eigenvalue weighted by atomic mass is 9.88. The molecular weight excluding hydrogens is 288 g/mol. The quantitative estimate of drug-likeness (QED) is 0.933. The van der Waals surface area contributed by atoms with Crippen LogP contribution in [0.4, 0.5) is 8.78 Å². The molecule has 1 saturated carbocycles. The van der Waals surface area contributed by atoms with Crippen molar-refractivity contribution in [1.82, 2.24) is 4.90 Å². The van der Waals surface area contributed by atoms with Crippen molar-refractivity contribution in [2.24, 2.45) is 5.92 Å². The smallest absolute Gasteiger partial charge is 0.307 e. The number of hydrogen-bond acceptors (Lipinski definition) is 2. The highest BCUT2D eigenvalue weighted by molar-refractivity contribution is 5.85. The molecule has 0 heterocycles. The molecule has 0 radical (unpaired) electrons. The molecule has 2 rings (SSSR count). The van der Waals surface area contributed by atoms with Gasteiger partial charge in [-0.25, -0.2) is 8.78 Å². The number of rotatable bonds is 3. The van der Waals surface area contributed by atoms with Crippen molar-refractivity contribution < 1.29 is 18.7 Å². The van der Waals surface area contributed by atoms with Crippen LogP contribution in [-0.4, -0.2) is 36.1 Å². The van der Waals surface area contributed by atoms with Gasteiger partial charge in [0.05, 0.1) is 5.92 Å². The lowest BCUT2D eigenvalue weighted by Crippen LogP contribution is -2.25. The van der Waals surface area contributed by atoms with Gasteiger partial charge in [-0.2, -0.15) is 0 Å². The molecule has 0 amide bonds. The van der Waals surface area contributed by atoms with Gasteiger partial charge in [-0.1, -0.05) is 6.07 Å². The van der Waals surface area contributed by atoms with Gasteiger partial charge in [-0.05, 0) is 38.6 Å². The molecule has 0 spiro atoms. The third kappa shape index (κ3) is 3.27. The predicted molar refractivity (Wildman–Crippen MR) is 74.2 cm³/mol. The molecule has 3 nitrogen and oxygen atoms in total. The monoisotopic (exact) mass is 305 g/mol. The van der Waals surface area contributed by atoms with Crippen LogP contribution in [0.25, 0.3) is 0 Å². The van der Waals surface area contributed by atoms with Crippen molar-refractivity contribution in [2.75, 3.05) is 14.1 Å². The Morgan fingerprint density at radius 1 is 1.30 bits per heavy atom. The number of carbonyl (C=O) groups is 1. The fourth-order valence-electron chi connectivity index (χ4n) is 2.85. The van der Waals surface area contributed by atoms with Gasteiger partial charge < -0.3 is 10.0 Å². The molecule has 0 saturated heterocycles. The first-order valence-electron chi connectivity index (χ1n) is 6.24. The van der Waals surface area contributed by atoms with E-state index < -0.39 is 29.4 Å². The van der Waals surface area contributed by atoms with Crippen LogP contribution in [0, 0.1) is 17.6 Å². The maximum absolute atomic E-state index is 13.8. The maximum atomic E-state index is 13.8. The second-order valence-corrected chi connectivity index (χ2v) is 5.31. The number of aliphatic carboxylic acids is 1. The van der Waals surface area contributed by atoms with Crippen molar-refractivity contribution in [3.63, 3.8) is 0 Å². The summed E-state index contributed by atoms with van der Waals surface area (Å²) >= 11 is 0. The molecule has 1 aliphatic rings. The van der Waals surface area contributed by atoms with E-state index in [2.05, 4.69) is 0 Å². The minimum Gasteiger partial charge on any atom is -0.481 e. The second-order valence-electron chi connectivity index (χ2n) is 5.31. The molecule has 0 bridgehead atoms. The zero-order valence-corrected chi connectivity index (χ0v) is 12.2. The van der Waals surface area contributed by atoms with Crippen molar-refractivity contribution in [3.8, 4) is 0 Å². The van der Waals surface area contributed by atoms with E-state index in [-0.39, 0.29) is 18.4 Å². The number of carboxylic acid groups (broad SMARTS) is 1. The highest BCUT2D eigenvalue weighted by Crippen LogP contribution is 2.42. The van der Waals surface area contributed by atoms with Gasteiger partial charge in [0.15, 0.2) is 0 Å². The largest absolute Gasteiger partial charge is 0.481 e. The summed E-state index contributed by atoms with van der Waals surface area (Å²) in [5, 5.41) is 9.27. The summed E-state index contributed by atoms with van der Waals surface area (Å²) in [6.45, 7) is 0. The van der Waals surface area contributed by atoms with Crippen LogP contribution < -0.4 is 0 Å². The average molecular weight is 306 g/mol. The van der Waals surface area contributed by atoms with Crippen molar-refractivity contribution in [2.45, 2.75) is 24.8 Å². The van der Waals surface area contributed by atoms with Gasteiger partial charge in [0.2, 0.25) is 0 Å². The summed E-state index contributed by atoms with van der Waals surface area (Å²) < 4.78 is 26.8. The lowest BCUT2D eigenvalue weighted by Gasteiger charge is -2.19. The first-order chi connectivity index (χ1) is 8.90. The zero-order valence-electron chi connectivity index (χ0n) is 11.3. The van der Waals surface area contributed by atoms with Crippen LogP contribution in [-0.2, 0) is 4.79 Å². The Morgan fingerprint density at radius 3 is 2.45 bits per heavy atom. The van der Waals surface area contributed by atoms with Crippen LogP contribution in [0.15, 0.2) is 18.2 Å². The molecule has 112 valence electrons. The Balaban J connectivity index is 0.00000200. The molecular formula is C14H18ClF2NO2. The van der Waals surface area contributed by atoms with E-state index in [1.807, 2.05) is 19.0 Å². The van der Waals surface area contributed by atoms with E-state index in [9.17, 15) is 18.7 Å². The van der Waals surface area contributed by atoms with Gasteiger partial charge in [-0.3, -0.25) is 4.79 Å². The molecule has 0 unspecified atom stereocenters. The normalized spacial score (nSPS) is 25.6. The number of benzene rings is 1. The topological polar surface area (TPSA) is 40.5 Å². The van der Waals surface area contributed by atoms with Crippen LogP contribution in [0.5, 0.6) is 0 Å². The maximum Gasteiger partial charge on any atom is 0.307 e. The van der Waals surface area contributed by atoms with E-state index in [0.717, 1.165) is 6.07 Å². The third-order valence-corrected chi connectivity index (χ3v) is 3.95. The van der Waals surface area contributed by atoms with E-state index in [1.165, 1.54) is 12.1 Å². The minimum atomic E-state index is -0.918. The molecule has 0 aliphatic heterocycles. The van der Waals surface area contributed by atoms with Crippen molar-refractivity contribution in [1.29, 1.82) is 0 Å². The second kappa shape index (κ2) is 6.50. The Labute approximate surface area is 123 Å². The molecule has 20 heavy (non-hydrogen) atoms. The standard InChI is InChI=1S/C14H17F2NO2.ClH/c1-17(2)9-6-11(12(7-9)14(18)19)10-4-3-8(15)5-13(10)16;/h3-5,9,11-12H,6-7H2,1-2H3,(H,18,19);1H/t9-,11+,12-;/m1./s1. The Morgan fingerprint density at radius 2 is 1.95 bits per heavy atom. The Kier molecular flexibility index (Phi) is 5.48. The SMILES string of the molecule is CN(C)[C@H]1C[C@@H](C(=O)O)[C@H](c2ccc(F)cc2F)C1.Cl. The number of nitrogens with zero attached hydrogens (tertiary/aromatic N) is 1. The molecule has 1 fully saturated rings. The fraction of sp³-hybridized carbons (Fsp3) is 0.500. The summed E-state index contributed by atoms with van der Waals surface area (Å²) in [5.41, 5.74) is 0.304. The average Bonchev–Trinajstić information content (AvgIpc) is 2.73. The fourth-order valence-corrected chi connectivity index (χ4v) is 2.85. The van der Waals surface area contributed by atoms with Crippen LogP contribution in [0.3, 0.4) is 0 Å².